The van der Waals surface area contributed by atoms with Crippen LogP contribution in [0.15, 0.2) is 36.5 Å². The zero-order valence-corrected chi connectivity index (χ0v) is 18.2. The lowest BCUT2D eigenvalue weighted by molar-refractivity contribution is 0.308. The zero-order chi connectivity index (χ0) is 20.2. The third-order valence-corrected chi connectivity index (χ3v) is 7.56. The van der Waals surface area contributed by atoms with Gasteiger partial charge in [0.15, 0.2) is 0 Å². The number of nitrogens with zero attached hydrogens (tertiary/aromatic N) is 1. The van der Waals surface area contributed by atoms with E-state index in [1.807, 2.05) is 18.3 Å². The van der Waals surface area contributed by atoms with Crippen molar-refractivity contribution in [2.75, 3.05) is 0 Å². The fraction of sp³-hybridized carbons (Fsp3) is 0.593. The van der Waals surface area contributed by atoms with E-state index >= 15 is 0 Å². The lowest BCUT2D eigenvalue weighted by atomic mass is 9.77. The van der Waals surface area contributed by atoms with Gasteiger partial charge in [0.2, 0.25) is 0 Å². The number of benzene rings is 1. The van der Waals surface area contributed by atoms with Gasteiger partial charge in [-0.05, 0) is 91.5 Å². The second-order valence-corrected chi connectivity index (χ2v) is 9.68. The lowest BCUT2D eigenvalue weighted by Crippen LogP contribution is -2.13. The molecule has 0 atom stereocenters. The highest BCUT2D eigenvalue weighted by atomic mass is 19.1. The maximum atomic E-state index is 14.9. The number of hydrogen-bond donors (Lipinski definition) is 0. The number of hydrogen-bond acceptors (Lipinski definition) is 1. The maximum absolute atomic E-state index is 14.9. The number of halogens is 1. The number of aromatic nitrogens is 1. The summed E-state index contributed by atoms with van der Waals surface area (Å²) in [6.45, 7) is 4.62. The Balaban J connectivity index is 1.43. The van der Waals surface area contributed by atoms with Crippen molar-refractivity contribution in [1.82, 2.24) is 4.98 Å². The molecule has 1 heterocycles. The van der Waals surface area contributed by atoms with Crippen LogP contribution in [0.25, 0.3) is 11.3 Å². The molecule has 2 heteroatoms. The summed E-state index contributed by atoms with van der Waals surface area (Å²) in [5, 5.41) is 0. The molecule has 0 unspecified atom stereocenters. The average Bonchev–Trinajstić information content (AvgIpc) is 2.75. The molecule has 2 aliphatic carbocycles. The van der Waals surface area contributed by atoms with Crippen LogP contribution in [-0.2, 0) is 0 Å². The highest BCUT2D eigenvalue weighted by Crippen LogP contribution is 2.39. The lowest BCUT2D eigenvalue weighted by Gasteiger charge is -2.28. The summed E-state index contributed by atoms with van der Waals surface area (Å²) < 4.78 is 14.9. The third kappa shape index (κ3) is 4.90. The van der Waals surface area contributed by atoms with Gasteiger partial charge in [0, 0.05) is 11.8 Å². The smallest absolute Gasteiger partial charge is 0.132 e. The number of rotatable bonds is 5. The molecule has 2 aromatic rings. The molecule has 4 rings (SSSR count). The molecule has 1 nitrogen and oxygen atoms in total. The largest absolute Gasteiger partial charge is 0.256 e. The Bertz CT molecular complexity index is 781. The van der Waals surface area contributed by atoms with E-state index in [1.165, 1.54) is 75.3 Å². The Morgan fingerprint density at radius 3 is 2.14 bits per heavy atom. The van der Waals surface area contributed by atoms with Crippen LogP contribution in [0.2, 0.25) is 0 Å². The minimum absolute atomic E-state index is 0.120. The maximum Gasteiger partial charge on any atom is 0.132 e. The van der Waals surface area contributed by atoms with Gasteiger partial charge in [0.25, 0.3) is 0 Å². The first-order valence-corrected chi connectivity index (χ1v) is 11.9. The second kappa shape index (κ2) is 9.41. The summed E-state index contributed by atoms with van der Waals surface area (Å²) in [6, 6.07) is 10.1. The summed E-state index contributed by atoms with van der Waals surface area (Å²) in [6.07, 6.45) is 14.7. The topological polar surface area (TPSA) is 12.9 Å². The summed E-state index contributed by atoms with van der Waals surface area (Å²) in [5.41, 5.74) is 3.89. The van der Waals surface area contributed by atoms with Crippen LogP contribution in [0.4, 0.5) is 4.39 Å². The van der Waals surface area contributed by atoms with Crippen LogP contribution >= 0.6 is 0 Å². The molecule has 2 fully saturated rings. The van der Waals surface area contributed by atoms with E-state index in [2.05, 4.69) is 31.0 Å². The fourth-order valence-corrected chi connectivity index (χ4v) is 5.59. The molecule has 0 radical (unpaired) electrons. The highest BCUT2D eigenvalue weighted by Gasteiger charge is 2.23. The van der Waals surface area contributed by atoms with Crippen molar-refractivity contribution in [2.45, 2.75) is 89.9 Å². The predicted molar refractivity (Wildman–Crippen MR) is 120 cm³/mol. The van der Waals surface area contributed by atoms with Gasteiger partial charge in [-0.1, -0.05) is 51.7 Å². The highest BCUT2D eigenvalue weighted by molar-refractivity contribution is 5.60. The van der Waals surface area contributed by atoms with E-state index in [0.717, 1.165) is 17.5 Å². The first-order valence-electron chi connectivity index (χ1n) is 11.9. The van der Waals surface area contributed by atoms with Crippen LogP contribution in [0.1, 0.15) is 101 Å². The second-order valence-electron chi connectivity index (χ2n) is 9.68. The van der Waals surface area contributed by atoms with Crippen molar-refractivity contribution in [3.63, 3.8) is 0 Å². The summed E-state index contributed by atoms with van der Waals surface area (Å²) in [7, 11) is 0. The quantitative estimate of drug-likeness (QED) is 0.498. The summed E-state index contributed by atoms with van der Waals surface area (Å²) in [5.74, 6) is 2.77. The molecule has 156 valence electrons. The Kier molecular flexibility index (Phi) is 6.67. The van der Waals surface area contributed by atoms with Crippen LogP contribution in [0.5, 0.6) is 0 Å². The summed E-state index contributed by atoms with van der Waals surface area (Å²) >= 11 is 0. The van der Waals surface area contributed by atoms with E-state index in [1.54, 1.807) is 6.07 Å². The molecule has 2 saturated carbocycles. The molecule has 29 heavy (non-hydrogen) atoms. The van der Waals surface area contributed by atoms with Gasteiger partial charge < -0.3 is 0 Å². The molecule has 0 saturated heterocycles. The van der Waals surface area contributed by atoms with Gasteiger partial charge in [-0.2, -0.15) is 0 Å². The van der Waals surface area contributed by atoms with Crippen molar-refractivity contribution < 1.29 is 4.39 Å². The van der Waals surface area contributed by atoms with Crippen LogP contribution in [0.3, 0.4) is 0 Å². The normalized spacial score (nSPS) is 27.7. The molecular formula is C27H36FN. The van der Waals surface area contributed by atoms with Gasteiger partial charge in [-0.3, -0.25) is 4.98 Å². The monoisotopic (exact) mass is 393 g/mol. The van der Waals surface area contributed by atoms with E-state index in [-0.39, 0.29) is 5.82 Å². The third-order valence-electron chi connectivity index (χ3n) is 7.56. The Labute approximate surface area is 176 Å². The number of pyridine rings is 1. The Morgan fingerprint density at radius 1 is 0.862 bits per heavy atom. The Hall–Kier alpha value is -1.70. The van der Waals surface area contributed by atoms with Crippen molar-refractivity contribution in [3.8, 4) is 11.3 Å². The van der Waals surface area contributed by atoms with Crippen molar-refractivity contribution in [1.29, 1.82) is 0 Å². The molecular weight excluding hydrogens is 357 g/mol. The average molecular weight is 394 g/mol. The van der Waals surface area contributed by atoms with Crippen LogP contribution in [0, 0.1) is 17.7 Å². The van der Waals surface area contributed by atoms with Crippen LogP contribution < -0.4 is 0 Å². The van der Waals surface area contributed by atoms with Gasteiger partial charge in [-0.15, -0.1) is 0 Å². The van der Waals surface area contributed by atoms with Gasteiger partial charge in [0.05, 0.1) is 5.69 Å². The van der Waals surface area contributed by atoms with Gasteiger partial charge in [-0.25, -0.2) is 4.39 Å². The van der Waals surface area contributed by atoms with E-state index < -0.39 is 0 Å². The molecule has 0 bridgehead atoms. The van der Waals surface area contributed by atoms with Gasteiger partial charge in [0.1, 0.15) is 5.82 Å². The predicted octanol–water partition coefficient (Wildman–Crippen LogP) is 8.26. The van der Waals surface area contributed by atoms with Crippen LogP contribution in [-0.4, -0.2) is 4.98 Å². The van der Waals surface area contributed by atoms with E-state index in [0.29, 0.717) is 17.4 Å². The van der Waals surface area contributed by atoms with Crippen molar-refractivity contribution in [2.24, 2.45) is 11.8 Å². The SMILES string of the molecule is CCCC1CCC(c2ccc(-c3ccc(C4CCC(C)CC4)cn3)c(F)c2)CC1. The standard InChI is InChI=1S/C27H36FN/c1-3-4-20-7-11-21(12-8-20)23-13-15-25(26(28)17-23)27-16-14-24(18-29-27)22-9-5-19(2)6-10-22/h13-22H,3-12H2,1-2H3. The van der Waals surface area contributed by atoms with Crippen molar-refractivity contribution >= 4 is 0 Å². The first kappa shape index (κ1) is 20.6. The molecule has 1 aromatic carbocycles. The molecule has 0 amide bonds. The minimum atomic E-state index is -0.120. The zero-order valence-electron chi connectivity index (χ0n) is 18.2. The van der Waals surface area contributed by atoms with Gasteiger partial charge >= 0.3 is 0 Å². The first-order chi connectivity index (χ1) is 14.1. The Morgan fingerprint density at radius 2 is 1.52 bits per heavy atom. The summed E-state index contributed by atoms with van der Waals surface area (Å²) in [4.78, 5) is 4.64. The minimum Gasteiger partial charge on any atom is -0.256 e. The molecule has 1 aromatic heterocycles. The molecule has 2 aliphatic rings. The molecule has 0 aliphatic heterocycles. The van der Waals surface area contributed by atoms with E-state index in [4.69, 9.17) is 0 Å². The molecule has 0 N–H and O–H groups in total. The fourth-order valence-electron chi connectivity index (χ4n) is 5.59. The van der Waals surface area contributed by atoms with E-state index in [9.17, 15) is 4.39 Å². The molecule has 0 spiro atoms. The van der Waals surface area contributed by atoms with Crippen molar-refractivity contribution in [3.05, 3.63) is 53.5 Å².